The van der Waals surface area contributed by atoms with E-state index in [0.29, 0.717) is 26.4 Å². The van der Waals surface area contributed by atoms with E-state index in [1.54, 1.807) is 0 Å². The van der Waals surface area contributed by atoms with Crippen LogP contribution in [0.25, 0.3) is 0 Å². The second-order valence-corrected chi connectivity index (χ2v) is 9.40. The minimum Gasteiger partial charge on any atom is -1.00 e. The maximum Gasteiger partial charge on any atom is 0.102 e. The molecule has 5 nitrogen and oxygen atoms in total. The zero-order chi connectivity index (χ0) is 23.6. The fourth-order valence-electron chi connectivity index (χ4n) is 3.98. The molecule has 0 saturated carbocycles. The molecule has 0 saturated heterocycles. The molecule has 2 N–H and O–H groups in total. The van der Waals surface area contributed by atoms with Gasteiger partial charge in [-0.05, 0) is 38.5 Å². The Kier molecular flexibility index (Phi) is 29.8. The Bertz CT molecular complexity index is 384. The second kappa shape index (κ2) is 28.1. The third-order valence-electron chi connectivity index (χ3n) is 6.23. The molecule has 33 heavy (non-hydrogen) atoms. The van der Waals surface area contributed by atoms with Crippen molar-refractivity contribution in [1.29, 1.82) is 0 Å². The maximum atomic E-state index is 8.88. The zero-order valence-electron chi connectivity index (χ0n) is 22.0. The van der Waals surface area contributed by atoms with Crippen molar-refractivity contribution < 1.29 is 36.6 Å². The number of aliphatic hydroxyl groups excluding tert-OH is 2. The lowest BCUT2D eigenvalue weighted by atomic mass is 10.1. The third kappa shape index (κ3) is 26.3. The van der Waals surface area contributed by atoms with E-state index in [2.05, 4.69) is 26.1 Å². The number of likely N-dealkylation sites (N-methyl/N-ethyl adjacent to an activating group) is 1. The average Bonchev–Trinajstić information content (AvgIpc) is 2.79. The van der Waals surface area contributed by atoms with E-state index < -0.39 is 0 Å². The van der Waals surface area contributed by atoms with Gasteiger partial charge < -0.3 is 36.6 Å². The minimum atomic E-state index is 0. The highest BCUT2D eigenvalue weighted by atomic mass is 35.5. The summed E-state index contributed by atoms with van der Waals surface area (Å²) in [6.45, 7) is 7.61. The number of rotatable bonds is 26. The van der Waals surface area contributed by atoms with Crippen molar-refractivity contribution in [1.82, 2.24) is 0 Å². The van der Waals surface area contributed by atoms with Crippen molar-refractivity contribution in [2.45, 2.75) is 96.8 Å². The van der Waals surface area contributed by atoms with Crippen molar-refractivity contribution in [2.24, 2.45) is 0 Å². The highest BCUT2D eigenvalue weighted by molar-refractivity contribution is 4.81. The first kappa shape index (κ1) is 35.0. The summed E-state index contributed by atoms with van der Waals surface area (Å²) in [5, 5.41) is 17.8. The number of hydrogen-bond donors (Lipinski definition) is 2. The number of halogens is 1. The lowest BCUT2D eigenvalue weighted by Crippen LogP contribution is -3.00. The zero-order valence-corrected chi connectivity index (χ0v) is 22.7. The van der Waals surface area contributed by atoms with Crippen LogP contribution in [0.1, 0.15) is 96.8 Å². The van der Waals surface area contributed by atoms with Gasteiger partial charge in [-0.3, -0.25) is 0 Å². The monoisotopic (exact) mass is 493 g/mol. The molecule has 0 aromatic heterocycles. The van der Waals surface area contributed by atoms with Crippen LogP contribution in [0.2, 0.25) is 0 Å². The number of ether oxygens (including phenoxy) is 2. The number of nitrogens with zero attached hydrogens (tertiary/aromatic N) is 1. The molecule has 0 amide bonds. The Labute approximate surface area is 211 Å². The molecular formula is C27H56ClNO4. The second-order valence-electron chi connectivity index (χ2n) is 9.40. The van der Waals surface area contributed by atoms with Gasteiger partial charge in [-0.1, -0.05) is 70.4 Å². The van der Waals surface area contributed by atoms with Crippen LogP contribution in [0.3, 0.4) is 0 Å². The van der Waals surface area contributed by atoms with Crippen LogP contribution in [0, 0.1) is 0 Å². The standard InChI is InChI=1S/C27H56NO4.ClH/c1-3-4-5-6-7-8-9-10-11-12-13-14-15-16-17-18-19-28(2,20-24-31-26-22-29)21-25-32-27-23-30;/h10-11,29-30H,3-9,12-27H2,1-2H3;1H/q+1;/p-1. The summed E-state index contributed by atoms with van der Waals surface area (Å²) in [7, 11) is 2.27. The normalized spacial score (nSPS) is 11.9. The Morgan fingerprint density at radius 3 is 1.45 bits per heavy atom. The van der Waals surface area contributed by atoms with E-state index >= 15 is 0 Å². The van der Waals surface area contributed by atoms with E-state index in [0.717, 1.165) is 24.1 Å². The molecule has 0 bridgehead atoms. The summed E-state index contributed by atoms with van der Waals surface area (Å²) >= 11 is 0. The molecule has 0 fully saturated rings. The predicted molar refractivity (Wildman–Crippen MR) is 136 cm³/mol. The smallest absolute Gasteiger partial charge is 0.102 e. The molecule has 0 atom stereocenters. The van der Waals surface area contributed by atoms with E-state index in [1.165, 1.54) is 89.9 Å². The van der Waals surface area contributed by atoms with Gasteiger partial charge in [-0.25, -0.2) is 0 Å². The Balaban J connectivity index is 0. The Morgan fingerprint density at radius 2 is 1.00 bits per heavy atom. The quantitative estimate of drug-likeness (QED) is 0.110. The number of quaternary nitrogens is 1. The summed E-state index contributed by atoms with van der Waals surface area (Å²) < 4.78 is 11.9. The lowest BCUT2D eigenvalue weighted by molar-refractivity contribution is -0.910. The summed E-state index contributed by atoms with van der Waals surface area (Å²) in [6.07, 6.45) is 23.5. The van der Waals surface area contributed by atoms with E-state index in [9.17, 15) is 0 Å². The molecule has 0 rings (SSSR count). The number of aliphatic hydroxyl groups is 2. The Morgan fingerprint density at radius 1 is 0.576 bits per heavy atom. The molecule has 0 aliphatic rings. The number of hydrogen-bond acceptors (Lipinski definition) is 4. The minimum absolute atomic E-state index is 0. The van der Waals surface area contributed by atoms with Crippen molar-refractivity contribution >= 4 is 0 Å². The van der Waals surface area contributed by atoms with Crippen LogP contribution >= 0.6 is 0 Å². The van der Waals surface area contributed by atoms with Gasteiger partial charge >= 0.3 is 0 Å². The average molecular weight is 494 g/mol. The van der Waals surface area contributed by atoms with Gasteiger partial charge in [0.15, 0.2) is 0 Å². The molecule has 0 radical (unpaired) electrons. The molecule has 6 heteroatoms. The first-order valence-electron chi connectivity index (χ1n) is 13.5. The highest BCUT2D eigenvalue weighted by Gasteiger charge is 2.20. The lowest BCUT2D eigenvalue weighted by Gasteiger charge is -2.34. The third-order valence-corrected chi connectivity index (χ3v) is 6.23. The van der Waals surface area contributed by atoms with Gasteiger partial charge in [0, 0.05) is 0 Å². The van der Waals surface area contributed by atoms with Crippen LogP contribution in [0.5, 0.6) is 0 Å². The van der Waals surface area contributed by atoms with E-state index in [1.807, 2.05) is 0 Å². The summed E-state index contributed by atoms with van der Waals surface area (Å²) in [6, 6.07) is 0. The molecule has 0 spiro atoms. The SMILES string of the molecule is CCCCCCCCC=CCCCCCCCC[N+](C)(CCOCCO)CCOCCO.[Cl-]. The topological polar surface area (TPSA) is 58.9 Å². The van der Waals surface area contributed by atoms with Gasteiger partial charge in [-0.15, -0.1) is 0 Å². The summed E-state index contributed by atoms with van der Waals surface area (Å²) in [4.78, 5) is 0. The van der Waals surface area contributed by atoms with Crippen LogP contribution in [-0.2, 0) is 9.47 Å². The van der Waals surface area contributed by atoms with Crippen LogP contribution in [0.4, 0.5) is 0 Å². The maximum absolute atomic E-state index is 8.88. The first-order chi connectivity index (χ1) is 15.7. The molecule has 0 aliphatic carbocycles. The van der Waals surface area contributed by atoms with Crippen molar-refractivity contribution in [3.05, 3.63) is 12.2 Å². The number of allylic oxidation sites excluding steroid dienone is 2. The van der Waals surface area contributed by atoms with Gasteiger partial charge in [0.25, 0.3) is 0 Å². The van der Waals surface area contributed by atoms with E-state index in [-0.39, 0.29) is 25.6 Å². The largest absolute Gasteiger partial charge is 1.00 e. The molecular weight excluding hydrogens is 438 g/mol. The molecule has 0 unspecified atom stereocenters. The fourth-order valence-corrected chi connectivity index (χ4v) is 3.98. The predicted octanol–water partition coefficient (Wildman–Crippen LogP) is 2.49. The van der Waals surface area contributed by atoms with Gasteiger partial charge in [0.1, 0.15) is 13.1 Å². The first-order valence-corrected chi connectivity index (χ1v) is 13.5. The molecule has 0 aromatic carbocycles. The Hall–Kier alpha value is -0.170. The van der Waals surface area contributed by atoms with Gasteiger partial charge in [0.05, 0.1) is 53.2 Å². The highest BCUT2D eigenvalue weighted by Crippen LogP contribution is 2.12. The molecule has 0 aliphatic heterocycles. The van der Waals surface area contributed by atoms with Crippen molar-refractivity contribution in [2.75, 3.05) is 66.3 Å². The molecule has 0 heterocycles. The van der Waals surface area contributed by atoms with Crippen LogP contribution in [0.15, 0.2) is 12.2 Å². The van der Waals surface area contributed by atoms with Crippen LogP contribution in [-0.4, -0.2) is 81.0 Å². The van der Waals surface area contributed by atoms with E-state index in [4.69, 9.17) is 19.7 Å². The van der Waals surface area contributed by atoms with Crippen LogP contribution < -0.4 is 12.4 Å². The fraction of sp³-hybridized carbons (Fsp3) is 0.926. The van der Waals surface area contributed by atoms with Crippen molar-refractivity contribution in [3.63, 3.8) is 0 Å². The van der Waals surface area contributed by atoms with Gasteiger partial charge in [0.2, 0.25) is 0 Å². The summed E-state index contributed by atoms with van der Waals surface area (Å²) in [5.74, 6) is 0. The number of unbranched alkanes of at least 4 members (excludes halogenated alkanes) is 12. The van der Waals surface area contributed by atoms with Crippen molar-refractivity contribution in [3.8, 4) is 0 Å². The van der Waals surface area contributed by atoms with Gasteiger partial charge in [-0.2, -0.15) is 0 Å². The summed E-state index contributed by atoms with van der Waals surface area (Å²) in [5.41, 5.74) is 0. The molecule has 200 valence electrons. The molecule has 0 aromatic rings.